The molecule has 0 fully saturated rings. The van der Waals surface area contributed by atoms with Gasteiger partial charge >= 0.3 is 0 Å². The highest BCUT2D eigenvalue weighted by molar-refractivity contribution is 9.10. The quantitative estimate of drug-likeness (QED) is 0.682. The number of carbonyl (C=O) groups is 1. The lowest BCUT2D eigenvalue weighted by molar-refractivity contribution is 0.0955. The molecule has 1 aromatic heterocycles. The molecule has 2 aromatic rings. The maximum atomic E-state index is 11.8. The van der Waals surface area contributed by atoms with Crippen LogP contribution in [0.15, 0.2) is 62.7 Å². The molecule has 1 N–H and O–H groups in total. The minimum atomic E-state index is -0.247. The van der Waals surface area contributed by atoms with Crippen LogP contribution in [0.2, 0.25) is 0 Å². The second-order valence-electron chi connectivity index (χ2n) is 4.05. The molecule has 0 saturated carbocycles. The van der Waals surface area contributed by atoms with Gasteiger partial charge in [0.15, 0.2) is 0 Å². The molecule has 0 saturated heterocycles. The Morgan fingerprint density at radius 3 is 2.70 bits per heavy atom. The molecular formula is C15H13BrN2O2. The molecule has 0 unspecified atom stereocenters. The van der Waals surface area contributed by atoms with E-state index in [1.54, 1.807) is 37.5 Å². The molecule has 0 aliphatic rings. The Kier molecular flexibility index (Phi) is 4.90. The summed E-state index contributed by atoms with van der Waals surface area (Å²) in [5, 5.41) is 4.00. The maximum absolute atomic E-state index is 11.8. The van der Waals surface area contributed by atoms with E-state index in [0.717, 1.165) is 10.2 Å². The van der Waals surface area contributed by atoms with Crippen molar-refractivity contribution in [2.45, 2.75) is 6.92 Å². The fourth-order valence-electron chi connectivity index (χ4n) is 1.43. The Hall–Kier alpha value is -2.14. The summed E-state index contributed by atoms with van der Waals surface area (Å²) in [5.74, 6) is 0.488. The number of amides is 1. The van der Waals surface area contributed by atoms with E-state index in [1.165, 1.54) is 0 Å². The lowest BCUT2D eigenvalue weighted by Gasteiger charge is -2.00. The Labute approximate surface area is 125 Å². The standard InChI is InChI=1S/C15H13BrN2O2/c1-11(4-9-14-3-2-10-20-14)17-18-15(19)12-5-7-13(16)8-6-12/h2-10H,1H3,(H,18,19)/b9-4+,17-11-. The van der Waals surface area contributed by atoms with Crippen LogP contribution in [0.4, 0.5) is 0 Å². The Balaban J connectivity index is 1.94. The molecule has 0 atom stereocenters. The number of rotatable bonds is 4. The third-order valence-electron chi connectivity index (χ3n) is 2.47. The number of hydrogen-bond acceptors (Lipinski definition) is 3. The molecule has 0 aliphatic carbocycles. The highest BCUT2D eigenvalue weighted by Gasteiger charge is 2.03. The van der Waals surface area contributed by atoms with Gasteiger partial charge in [0.05, 0.1) is 12.0 Å². The number of allylic oxidation sites excluding steroid dienone is 1. The molecular weight excluding hydrogens is 320 g/mol. The van der Waals surface area contributed by atoms with Gasteiger partial charge in [-0.1, -0.05) is 15.9 Å². The van der Waals surface area contributed by atoms with Gasteiger partial charge in [0.25, 0.3) is 5.91 Å². The monoisotopic (exact) mass is 332 g/mol. The number of nitrogens with zero attached hydrogens (tertiary/aromatic N) is 1. The largest absolute Gasteiger partial charge is 0.465 e. The van der Waals surface area contributed by atoms with Crippen LogP contribution < -0.4 is 5.43 Å². The number of nitrogens with one attached hydrogen (secondary N) is 1. The molecule has 0 spiro atoms. The third kappa shape index (κ3) is 4.20. The van der Waals surface area contributed by atoms with Crippen LogP contribution in [-0.2, 0) is 0 Å². The zero-order valence-corrected chi connectivity index (χ0v) is 12.4. The summed E-state index contributed by atoms with van der Waals surface area (Å²) >= 11 is 3.32. The van der Waals surface area contributed by atoms with Gasteiger partial charge in [-0.15, -0.1) is 0 Å². The highest BCUT2D eigenvalue weighted by atomic mass is 79.9. The summed E-state index contributed by atoms with van der Waals surface area (Å²) in [6.07, 6.45) is 5.15. The predicted molar refractivity (Wildman–Crippen MR) is 82.5 cm³/mol. The van der Waals surface area contributed by atoms with E-state index < -0.39 is 0 Å². The number of carbonyl (C=O) groups excluding carboxylic acids is 1. The fourth-order valence-corrected chi connectivity index (χ4v) is 1.70. The van der Waals surface area contributed by atoms with Crippen molar-refractivity contribution in [2.75, 3.05) is 0 Å². The van der Waals surface area contributed by atoms with Gasteiger partial charge in [0.2, 0.25) is 0 Å². The van der Waals surface area contributed by atoms with Crippen molar-refractivity contribution < 1.29 is 9.21 Å². The summed E-state index contributed by atoms with van der Waals surface area (Å²) in [6, 6.07) is 10.7. The first kappa shape index (κ1) is 14.3. The number of hydrogen-bond donors (Lipinski definition) is 1. The minimum absolute atomic E-state index is 0.247. The van der Waals surface area contributed by atoms with Crippen molar-refractivity contribution in [1.82, 2.24) is 5.43 Å². The van der Waals surface area contributed by atoms with E-state index in [4.69, 9.17) is 4.42 Å². The van der Waals surface area contributed by atoms with Crippen molar-refractivity contribution in [1.29, 1.82) is 0 Å². The normalized spacial score (nSPS) is 11.8. The van der Waals surface area contributed by atoms with E-state index in [9.17, 15) is 4.79 Å². The van der Waals surface area contributed by atoms with E-state index in [2.05, 4.69) is 26.5 Å². The van der Waals surface area contributed by atoms with Crippen LogP contribution in [-0.4, -0.2) is 11.6 Å². The minimum Gasteiger partial charge on any atom is -0.465 e. The molecule has 1 heterocycles. The van der Waals surface area contributed by atoms with Crippen molar-refractivity contribution >= 4 is 33.6 Å². The lowest BCUT2D eigenvalue weighted by atomic mass is 10.2. The van der Waals surface area contributed by atoms with E-state index in [1.807, 2.05) is 24.3 Å². The molecule has 20 heavy (non-hydrogen) atoms. The fraction of sp³-hybridized carbons (Fsp3) is 0.0667. The second kappa shape index (κ2) is 6.86. The highest BCUT2D eigenvalue weighted by Crippen LogP contribution is 2.10. The first-order valence-corrected chi connectivity index (χ1v) is 6.76. The van der Waals surface area contributed by atoms with Crippen LogP contribution in [0, 0.1) is 0 Å². The van der Waals surface area contributed by atoms with Gasteiger partial charge in [0.1, 0.15) is 5.76 Å². The summed E-state index contributed by atoms with van der Waals surface area (Å²) < 4.78 is 6.08. The zero-order valence-electron chi connectivity index (χ0n) is 10.8. The van der Waals surface area contributed by atoms with Crippen LogP contribution in [0.1, 0.15) is 23.0 Å². The van der Waals surface area contributed by atoms with Gasteiger partial charge in [-0.05, 0) is 55.5 Å². The average molecular weight is 333 g/mol. The number of hydrazone groups is 1. The number of furan rings is 1. The van der Waals surface area contributed by atoms with Gasteiger partial charge < -0.3 is 4.42 Å². The summed E-state index contributed by atoms with van der Waals surface area (Å²) in [7, 11) is 0. The van der Waals surface area contributed by atoms with Crippen molar-refractivity contribution in [2.24, 2.45) is 5.10 Å². The van der Waals surface area contributed by atoms with Crippen LogP contribution in [0.25, 0.3) is 6.08 Å². The first-order valence-electron chi connectivity index (χ1n) is 5.97. The summed E-state index contributed by atoms with van der Waals surface area (Å²) in [6.45, 7) is 1.79. The van der Waals surface area contributed by atoms with Crippen LogP contribution in [0.5, 0.6) is 0 Å². The topological polar surface area (TPSA) is 54.6 Å². The van der Waals surface area contributed by atoms with Gasteiger partial charge in [-0.3, -0.25) is 4.79 Å². The van der Waals surface area contributed by atoms with Gasteiger partial charge in [0, 0.05) is 10.0 Å². The Bertz CT molecular complexity index is 628. The van der Waals surface area contributed by atoms with E-state index in [0.29, 0.717) is 11.3 Å². The number of benzene rings is 1. The van der Waals surface area contributed by atoms with Crippen molar-refractivity contribution in [3.05, 3.63) is 64.5 Å². The molecule has 4 nitrogen and oxygen atoms in total. The molecule has 1 aromatic carbocycles. The van der Waals surface area contributed by atoms with Gasteiger partial charge in [-0.25, -0.2) is 5.43 Å². The van der Waals surface area contributed by atoms with E-state index in [-0.39, 0.29) is 5.91 Å². The molecule has 102 valence electrons. The summed E-state index contributed by atoms with van der Waals surface area (Å²) in [4.78, 5) is 11.8. The molecule has 5 heteroatoms. The average Bonchev–Trinajstić information content (AvgIpc) is 2.96. The lowest BCUT2D eigenvalue weighted by Crippen LogP contribution is -2.18. The Morgan fingerprint density at radius 1 is 1.30 bits per heavy atom. The predicted octanol–water partition coefficient (Wildman–Crippen LogP) is 3.86. The molecule has 1 amide bonds. The summed E-state index contributed by atoms with van der Waals surface area (Å²) in [5.41, 5.74) is 3.73. The van der Waals surface area contributed by atoms with E-state index >= 15 is 0 Å². The first-order chi connectivity index (χ1) is 9.65. The third-order valence-corrected chi connectivity index (χ3v) is 3.00. The molecule has 0 radical (unpaired) electrons. The maximum Gasteiger partial charge on any atom is 0.271 e. The van der Waals surface area contributed by atoms with Crippen molar-refractivity contribution in [3.8, 4) is 0 Å². The van der Waals surface area contributed by atoms with Crippen LogP contribution in [0.3, 0.4) is 0 Å². The zero-order chi connectivity index (χ0) is 14.4. The smallest absolute Gasteiger partial charge is 0.271 e. The van der Waals surface area contributed by atoms with Crippen LogP contribution >= 0.6 is 15.9 Å². The molecule has 0 bridgehead atoms. The SMILES string of the molecule is CC(/C=C/c1ccco1)=N/NC(=O)c1ccc(Br)cc1. The Morgan fingerprint density at radius 2 is 2.05 bits per heavy atom. The molecule has 0 aliphatic heterocycles. The van der Waals surface area contributed by atoms with Gasteiger partial charge in [-0.2, -0.15) is 5.10 Å². The van der Waals surface area contributed by atoms with Crippen molar-refractivity contribution in [3.63, 3.8) is 0 Å². The second-order valence-corrected chi connectivity index (χ2v) is 4.97. The molecule has 2 rings (SSSR count). The number of halogens is 1.